The topological polar surface area (TPSA) is 12.0 Å². The molecule has 0 aromatic heterocycles. The standard InChI is InChI=1S/C14H12Br2FN/c1-18-14(9-2-5-11(17)6-3-9)12-7-4-10(15)8-13(12)16/h2-8,14,18H,1H3. The van der Waals surface area contributed by atoms with Gasteiger partial charge in [-0.3, -0.25) is 0 Å². The predicted molar refractivity (Wildman–Crippen MR) is 79.1 cm³/mol. The van der Waals surface area contributed by atoms with Crippen LogP contribution in [0, 0.1) is 5.82 Å². The van der Waals surface area contributed by atoms with Crippen molar-refractivity contribution in [2.75, 3.05) is 7.05 Å². The predicted octanol–water partition coefficient (Wildman–Crippen LogP) is 4.66. The quantitative estimate of drug-likeness (QED) is 0.826. The van der Waals surface area contributed by atoms with Gasteiger partial charge in [0.1, 0.15) is 5.82 Å². The monoisotopic (exact) mass is 371 g/mol. The van der Waals surface area contributed by atoms with Gasteiger partial charge in [0, 0.05) is 8.95 Å². The minimum absolute atomic E-state index is 0.0353. The first-order valence-corrected chi connectivity index (χ1v) is 7.08. The molecule has 4 heteroatoms. The van der Waals surface area contributed by atoms with Gasteiger partial charge in [0.25, 0.3) is 0 Å². The van der Waals surface area contributed by atoms with E-state index in [1.807, 2.05) is 25.2 Å². The van der Waals surface area contributed by atoms with Crippen molar-refractivity contribution in [3.8, 4) is 0 Å². The van der Waals surface area contributed by atoms with Crippen LogP contribution in [0.1, 0.15) is 17.2 Å². The number of benzene rings is 2. The molecule has 18 heavy (non-hydrogen) atoms. The Bertz CT molecular complexity index is 540. The van der Waals surface area contributed by atoms with E-state index in [0.717, 1.165) is 20.1 Å². The molecule has 2 rings (SSSR count). The molecular formula is C14H12Br2FN. The first-order valence-electron chi connectivity index (χ1n) is 5.49. The number of nitrogens with one attached hydrogen (secondary N) is 1. The van der Waals surface area contributed by atoms with Crippen LogP contribution in [0.4, 0.5) is 4.39 Å². The Morgan fingerprint density at radius 3 is 2.28 bits per heavy atom. The lowest BCUT2D eigenvalue weighted by Crippen LogP contribution is -2.18. The molecule has 1 N–H and O–H groups in total. The fraction of sp³-hybridized carbons (Fsp3) is 0.143. The van der Waals surface area contributed by atoms with E-state index in [4.69, 9.17) is 0 Å². The molecule has 2 aromatic rings. The third-order valence-electron chi connectivity index (χ3n) is 2.77. The van der Waals surface area contributed by atoms with Gasteiger partial charge in [0.05, 0.1) is 6.04 Å². The van der Waals surface area contributed by atoms with Crippen LogP contribution in [0.3, 0.4) is 0 Å². The van der Waals surface area contributed by atoms with Gasteiger partial charge in [0.15, 0.2) is 0 Å². The molecular weight excluding hydrogens is 361 g/mol. The maximum Gasteiger partial charge on any atom is 0.123 e. The average molecular weight is 373 g/mol. The smallest absolute Gasteiger partial charge is 0.123 e. The normalized spacial score (nSPS) is 12.4. The Kier molecular flexibility index (Phi) is 4.54. The molecule has 0 bridgehead atoms. The third-order valence-corrected chi connectivity index (χ3v) is 3.95. The average Bonchev–Trinajstić information content (AvgIpc) is 2.35. The minimum atomic E-state index is -0.219. The second-order valence-electron chi connectivity index (χ2n) is 3.94. The van der Waals surface area contributed by atoms with Crippen LogP contribution >= 0.6 is 31.9 Å². The molecule has 0 radical (unpaired) electrons. The number of halogens is 3. The summed E-state index contributed by atoms with van der Waals surface area (Å²) in [5.41, 5.74) is 2.15. The van der Waals surface area contributed by atoms with Crippen LogP contribution in [-0.4, -0.2) is 7.05 Å². The van der Waals surface area contributed by atoms with Gasteiger partial charge in [-0.25, -0.2) is 4.39 Å². The number of hydrogen-bond donors (Lipinski definition) is 1. The van der Waals surface area contributed by atoms with E-state index in [1.165, 1.54) is 12.1 Å². The van der Waals surface area contributed by atoms with Crippen LogP contribution in [0.25, 0.3) is 0 Å². The number of rotatable bonds is 3. The molecule has 0 spiro atoms. The van der Waals surface area contributed by atoms with E-state index in [1.54, 1.807) is 12.1 Å². The van der Waals surface area contributed by atoms with E-state index in [9.17, 15) is 4.39 Å². The van der Waals surface area contributed by atoms with Crippen molar-refractivity contribution in [3.05, 3.63) is 68.4 Å². The van der Waals surface area contributed by atoms with Gasteiger partial charge in [0.2, 0.25) is 0 Å². The van der Waals surface area contributed by atoms with E-state index in [2.05, 4.69) is 37.2 Å². The van der Waals surface area contributed by atoms with Crippen LogP contribution in [0.2, 0.25) is 0 Å². The van der Waals surface area contributed by atoms with Crippen molar-refractivity contribution in [2.24, 2.45) is 0 Å². The molecule has 0 aliphatic heterocycles. The van der Waals surface area contributed by atoms with Crippen LogP contribution in [0.15, 0.2) is 51.4 Å². The molecule has 0 fully saturated rings. The maximum atomic E-state index is 13.0. The zero-order valence-corrected chi connectivity index (χ0v) is 12.9. The Balaban J connectivity index is 2.41. The van der Waals surface area contributed by atoms with Gasteiger partial charge in [-0.2, -0.15) is 0 Å². The lowest BCUT2D eigenvalue weighted by atomic mass is 9.99. The molecule has 2 aromatic carbocycles. The van der Waals surface area contributed by atoms with Crippen molar-refractivity contribution in [3.63, 3.8) is 0 Å². The van der Waals surface area contributed by atoms with Crippen molar-refractivity contribution >= 4 is 31.9 Å². The largest absolute Gasteiger partial charge is 0.309 e. The van der Waals surface area contributed by atoms with Crippen molar-refractivity contribution < 1.29 is 4.39 Å². The van der Waals surface area contributed by atoms with Crippen LogP contribution in [0.5, 0.6) is 0 Å². The molecule has 0 heterocycles. The van der Waals surface area contributed by atoms with Gasteiger partial charge in [-0.15, -0.1) is 0 Å². The second kappa shape index (κ2) is 5.95. The van der Waals surface area contributed by atoms with Gasteiger partial charge in [-0.1, -0.05) is 50.1 Å². The Morgan fingerprint density at radius 1 is 1.06 bits per heavy atom. The third kappa shape index (κ3) is 2.99. The summed E-state index contributed by atoms with van der Waals surface area (Å²) in [6.07, 6.45) is 0. The molecule has 0 aliphatic carbocycles. The van der Waals surface area contributed by atoms with Crippen LogP contribution in [-0.2, 0) is 0 Å². The summed E-state index contributed by atoms with van der Waals surface area (Å²) in [6, 6.07) is 12.6. The van der Waals surface area contributed by atoms with E-state index >= 15 is 0 Å². The first kappa shape index (κ1) is 13.7. The van der Waals surface area contributed by atoms with E-state index in [0.29, 0.717) is 0 Å². The van der Waals surface area contributed by atoms with Crippen molar-refractivity contribution in [1.29, 1.82) is 0 Å². The summed E-state index contributed by atoms with van der Waals surface area (Å²) in [4.78, 5) is 0. The molecule has 1 nitrogen and oxygen atoms in total. The zero-order valence-electron chi connectivity index (χ0n) is 9.75. The molecule has 0 saturated heterocycles. The zero-order chi connectivity index (χ0) is 13.1. The molecule has 94 valence electrons. The lowest BCUT2D eigenvalue weighted by molar-refractivity contribution is 0.623. The van der Waals surface area contributed by atoms with Gasteiger partial charge in [-0.05, 0) is 42.4 Å². The molecule has 0 aliphatic rings. The molecule has 1 atom stereocenters. The summed E-state index contributed by atoms with van der Waals surface area (Å²) >= 11 is 6.99. The molecule has 0 amide bonds. The summed E-state index contributed by atoms with van der Waals surface area (Å²) in [6.45, 7) is 0. The minimum Gasteiger partial charge on any atom is -0.309 e. The summed E-state index contributed by atoms with van der Waals surface area (Å²) in [7, 11) is 1.89. The maximum absolute atomic E-state index is 13.0. The fourth-order valence-corrected chi connectivity index (χ4v) is 3.17. The van der Waals surface area contributed by atoms with Gasteiger partial charge >= 0.3 is 0 Å². The summed E-state index contributed by atoms with van der Waals surface area (Å²) in [5.74, 6) is -0.219. The van der Waals surface area contributed by atoms with Gasteiger partial charge < -0.3 is 5.32 Å². The molecule has 1 unspecified atom stereocenters. The lowest BCUT2D eigenvalue weighted by Gasteiger charge is -2.19. The second-order valence-corrected chi connectivity index (χ2v) is 5.71. The molecule has 0 saturated carbocycles. The Morgan fingerprint density at radius 2 is 1.72 bits per heavy atom. The highest BCUT2D eigenvalue weighted by atomic mass is 79.9. The van der Waals surface area contributed by atoms with E-state index in [-0.39, 0.29) is 11.9 Å². The highest BCUT2D eigenvalue weighted by Gasteiger charge is 2.14. The first-order chi connectivity index (χ1) is 8.61. The SMILES string of the molecule is CNC(c1ccc(F)cc1)c1ccc(Br)cc1Br. The summed E-state index contributed by atoms with van der Waals surface area (Å²) < 4.78 is 15.0. The fourth-order valence-electron chi connectivity index (χ4n) is 1.89. The van der Waals surface area contributed by atoms with Crippen LogP contribution < -0.4 is 5.32 Å². The Hall–Kier alpha value is -0.710. The highest BCUT2D eigenvalue weighted by molar-refractivity contribution is 9.11. The highest BCUT2D eigenvalue weighted by Crippen LogP contribution is 2.30. The van der Waals surface area contributed by atoms with Crippen molar-refractivity contribution in [2.45, 2.75) is 6.04 Å². The summed E-state index contributed by atoms with van der Waals surface area (Å²) in [5, 5.41) is 3.25. The number of hydrogen-bond acceptors (Lipinski definition) is 1. The Labute approximate surface area is 123 Å². The van der Waals surface area contributed by atoms with Crippen molar-refractivity contribution in [1.82, 2.24) is 5.32 Å². The van der Waals surface area contributed by atoms with E-state index < -0.39 is 0 Å².